The van der Waals surface area contributed by atoms with Gasteiger partial charge in [-0.1, -0.05) is 0 Å². The van der Waals surface area contributed by atoms with Crippen LogP contribution in [0.1, 0.15) is 0 Å². The number of rotatable bonds is 9. The summed E-state index contributed by atoms with van der Waals surface area (Å²) in [4.78, 5) is 10.7. The quantitative estimate of drug-likeness (QED) is 0.341. The zero-order valence-corrected chi connectivity index (χ0v) is 9.15. The number of nitrogens with zero attached hydrogens (tertiary/aromatic N) is 1. The molecule has 0 saturated carbocycles. The van der Waals surface area contributed by atoms with Crippen molar-refractivity contribution in [3.63, 3.8) is 0 Å². The number of nitrogens with one attached hydrogen (secondary N) is 1. The maximum absolute atomic E-state index is 10.7. The molecule has 0 atom stereocenters. The topological polar surface area (TPSA) is 89.8 Å². The molecule has 90 valence electrons. The highest BCUT2D eigenvalue weighted by molar-refractivity contribution is 5.67. The molecule has 0 aliphatic rings. The molecule has 0 aromatic heterocycles. The molecule has 0 aliphatic carbocycles. The van der Waals surface area contributed by atoms with Gasteiger partial charge in [0.1, 0.15) is 13.1 Å². The second-order valence-electron chi connectivity index (χ2n) is 3.62. The highest BCUT2D eigenvalue weighted by Crippen LogP contribution is 2.05. The smallest absolute Gasteiger partial charge is 0.359 e. The zero-order valence-electron chi connectivity index (χ0n) is 9.15. The molecular formula is C9H21N2O4+. The van der Waals surface area contributed by atoms with E-state index in [0.717, 1.165) is 0 Å². The third-order valence-electron chi connectivity index (χ3n) is 2.46. The van der Waals surface area contributed by atoms with Crippen LogP contribution >= 0.6 is 0 Å². The Balaban J connectivity index is 4.47. The van der Waals surface area contributed by atoms with Crippen LogP contribution in [0.3, 0.4) is 0 Å². The number of aliphatic hydroxyl groups is 2. The summed E-state index contributed by atoms with van der Waals surface area (Å²) in [6, 6.07) is 0. The lowest BCUT2D eigenvalue weighted by molar-refractivity contribution is -0.920. The SMILES string of the molecule is CNCC[N+](CCO)(CCO)CC(=O)O. The van der Waals surface area contributed by atoms with Gasteiger partial charge < -0.3 is 25.1 Å². The van der Waals surface area contributed by atoms with Crippen LogP contribution < -0.4 is 5.32 Å². The molecule has 0 spiro atoms. The summed E-state index contributed by atoms with van der Waals surface area (Å²) in [6.45, 7) is 1.75. The van der Waals surface area contributed by atoms with E-state index < -0.39 is 5.97 Å². The minimum atomic E-state index is -0.909. The Morgan fingerprint density at radius 3 is 2.07 bits per heavy atom. The molecule has 0 aliphatic heterocycles. The van der Waals surface area contributed by atoms with Gasteiger partial charge in [0.05, 0.1) is 19.8 Å². The van der Waals surface area contributed by atoms with Gasteiger partial charge in [0, 0.05) is 6.54 Å². The predicted octanol–water partition coefficient (Wildman–Crippen LogP) is -1.91. The minimum Gasteiger partial charge on any atom is -0.477 e. The van der Waals surface area contributed by atoms with Crippen LogP contribution in [0.25, 0.3) is 0 Å². The molecule has 0 fully saturated rings. The van der Waals surface area contributed by atoms with Gasteiger partial charge in [-0.25, -0.2) is 4.79 Å². The first-order chi connectivity index (χ1) is 7.10. The summed E-state index contributed by atoms with van der Waals surface area (Å²) in [7, 11) is 1.79. The number of quaternary nitrogens is 1. The monoisotopic (exact) mass is 221 g/mol. The highest BCUT2D eigenvalue weighted by Gasteiger charge is 2.28. The first-order valence-electron chi connectivity index (χ1n) is 5.03. The van der Waals surface area contributed by atoms with E-state index in [1.807, 2.05) is 0 Å². The molecule has 4 N–H and O–H groups in total. The fourth-order valence-corrected chi connectivity index (χ4v) is 1.63. The van der Waals surface area contributed by atoms with Crippen LogP contribution in [0.5, 0.6) is 0 Å². The summed E-state index contributed by atoms with van der Waals surface area (Å²) in [5.74, 6) is -0.909. The van der Waals surface area contributed by atoms with Crippen molar-refractivity contribution < 1.29 is 24.6 Å². The number of carbonyl (C=O) groups is 1. The van der Waals surface area contributed by atoms with Crippen molar-refractivity contribution >= 4 is 5.97 Å². The summed E-state index contributed by atoms with van der Waals surface area (Å²) in [5.41, 5.74) is 0. The molecule has 0 unspecified atom stereocenters. The lowest BCUT2D eigenvalue weighted by Crippen LogP contribution is -2.56. The molecule has 0 aromatic rings. The van der Waals surface area contributed by atoms with Crippen molar-refractivity contribution in [3.8, 4) is 0 Å². The minimum absolute atomic E-state index is 0.0667. The first-order valence-corrected chi connectivity index (χ1v) is 5.03. The summed E-state index contributed by atoms with van der Waals surface area (Å²) < 4.78 is 0.211. The summed E-state index contributed by atoms with van der Waals surface area (Å²) >= 11 is 0. The lowest BCUT2D eigenvalue weighted by Gasteiger charge is -2.36. The maximum Gasteiger partial charge on any atom is 0.359 e. The van der Waals surface area contributed by atoms with E-state index in [0.29, 0.717) is 26.2 Å². The highest BCUT2D eigenvalue weighted by atomic mass is 16.4. The molecule has 6 nitrogen and oxygen atoms in total. The van der Waals surface area contributed by atoms with E-state index >= 15 is 0 Å². The van der Waals surface area contributed by atoms with Crippen LogP contribution in [-0.2, 0) is 4.79 Å². The second-order valence-corrected chi connectivity index (χ2v) is 3.62. The second kappa shape index (κ2) is 7.58. The maximum atomic E-state index is 10.7. The summed E-state index contributed by atoms with van der Waals surface area (Å²) in [5, 5.41) is 29.6. The number of aliphatic hydroxyl groups excluding tert-OH is 2. The molecule has 0 aromatic carbocycles. The van der Waals surface area contributed by atoms with Crippen molar-refractivity contribution in [1.29, 1.82) is 0 Å². The van der Waals surface area contributed by atoms with Crippen LogP contribution in [-0.4, -0.2) is 78.8 Å². The Morgan fingerprint density at radius 2 is 1.73 bits per heavy atom. The molecule has 0 saturated heterocycles. The Morgan fingerprint density at radius 1 is 1.20 bits per heavy atom. The van der Waals surface area contributed by atoms with Crippen LogP contribution in [0.4, 0.5) is 0 Å². The van der Waals surface area contributed by atoms with Crippen molar-refractivity contribution in [2.45, 2.75) is 0 Å². The molecular weight excluding hydrogens is 200 g/mol. The standard InChI is InChI=1S/C9H20N2O4/c1-10-2-3-11(4-6-12,5-7-13)8-9(14)15/h10,12-13H,2-8H2,1H3/p+1. The normalized spacial score (nSPS) is 11.7. The van der Waals surface area contributed by atoms with E-state index in [1.54, 1.807) is 7.05 Å². The van der Waals surface area contributed by atoms with E-state index in [4.69, 9.17) is 15.3 Å². The third-order valence-corrected chi connectivity index (χ3v) is 2.46. The molecule has 0 radical (unpaired) electrons. The van der Waals surface area contributed by atoms with Gasteiger partial charge in [-0.2, -0.15) is 0 Å². The number of hydrogen-bond donors (Lipinski definition) is 4. The number of carboxylic acids is 1. The van der Waals surface area contributed by atoms with Gasteiger partial charge in [0.15, 0.2) is 6.54 Å². The average molecular weight is 221 g/mol. The molecule has 0 rings (SSSR count). The summed E-state index contributed by atoms with van der Waals surface area (Å²) in [6.07, 6.45) is 0. The lowest BCUT2D eigenvalue weighted by atomic mass is 10.3. The molecule has 0 amide bonds. The van der Waals surface area contributed by atoms with Crippen LogP contribution in [0, 0.1) is 0 Å². The molecule has 6 heteroatoms. The molecule has 15 heavy (non-hydrogen) atoms. The number of carboxylic acid groups (broad SMARTS) is 1. The number of hydrogen-bond acceptors (Lipinski definition) is 4. The van der Waals surface area contributed by atoms with Crippen molar-refractivity contribution in [3.05, 3.63) is 0 Å². The van der Waals surface area contributed by atoms with E-state index in [2.05, 4.69) is 5.32 Å². The number of aliphatic carboxylic acids is 1. The van der Waals surface area contributed by atoms with E-state index in [1.165, 1.54) is 0 Å². The van der Waals surface area contributed by atoms with Gasteiger partial charge in [-0.3, -0.25) is 0 Å². The fourth-order valence-electron chi connectivity index (χ4n) is 1.63. The van der Waals surface area contributed by atoms with Gasteiger partial charge in [-0.05, 0) is 7.05 Å². The van der Waals surface area contributed by atoms with Gasteiger partial charge in [0.2, 0.25) is 0 Å². The molecule has 0 heterocycles. The number of likely N-dealkylation sites (N-methyl/N-ethyl adjacent to an activating group) is 1. The van der Waals surface area contributed by atoms with Gasteiger partial charge in [0.25, 0.3) is 0 Å². The van der Waals surface area contributed by atoms with Crippen LogP contribution in [0.2, 0.25) is 0 Å². The third kappa shape index (κ3) is 5.68. The Kier molecular flexibility index (Phi) is 7.23. The Hall–Kier alpha value is -0.690. The Labute approximate surface area is 89.7 Å². The molecule has 0 bridgehead atoms. The van der Waals surface area contributed by atoms with Crippen molar-refractivity contribution in [1.82, 2.24) is 5.32 Å². The zero-order chi connectivity index (χ0) is 11.7. The largest absolute Gasteiger partial charge is 0.477 e. The predicted molar refractivity (Wildman–Crippen MR) is 55.5 cm³/mol. The van der Waals surface area contributed by atoms with E-state index in [-0.39, 0.29) is 24.2 Å². The first kappa shape index (κ1) is 14.3. The Bertz CT molecular complexity index is 181. The van der Waals surface area contributed by atoms with E-state index in [9.17, 15) is 4.79 Å². The van der Waals surface area contributed by atoms with Gasteiger partial charge >= 0.3 is 5.97 Å². The average Bonchev–Trinajstić information content (AvgIpc) is 2.14. The van der Waals surface area contributed by atoms with Crippen molar-refractivity contribution in [2.75, 3.05) is 53.0 Å². The van der Waals surface area contributed by atoms with Crippen molar-refractivity contribution in [2.24, 2.45) is 0 Å². The fraction of sp³-hybridized carbons (Fsp3) is 0.889. The van der Waals surface area contributed by atoms with Crippen LogP contribution in [0.15, 0.2) is 0 Å². The van der Waals surface area contributed by atoms with Gasteiger partial charge in [-0.15, -0.1) is 0 Å².